The van der Waals surface area contributed by atoms with Gasteiger partial charge in [0.15, 0.2) is 0 Å². The summed E-state index contributed by atoms with van der Waals surface area (Å²) in [4.78, 5) is 12.8. The molecule has 54 heavy (non-hydrogen) atoms. The summed E-state index contributed by atoms with van der Waals surface area (Å²) in [6, 6.07) is 64.7. The Morgan fingerprint density at radius 2 is 0.426 bits per heavy atom. The molecule has 0 bridgehead atoms. The third-order valence-corrected chi connectivity index (χ3v) is 21.3. The summed E-state index contributed by atoms with van der Waals surface area (Å²) in [6.07, 6.45) is 0. The zero-order valence-corrected chi connectivity index (χ0v) is 36.6. The van der Waals surface area contributed by atoms with Crippen LogP contribution in [0, 0.1) is 0 Å². The third-order valence-electron chi connectivity index (χ3n) is 7.48. The lowest BCUT2D eigenvalue weighted by atomic mass is 10.4. The molecule has 0 radical (unpaired) electrons. The van der Waals surface area contributed by atoms with Gasteiger partial charge in [-0.15, -0.1) is 22.7 Å². The number of benzene rings is 6. The van der Waals surface area contributed by atoms with Gasteiger partial charge in [0, 0.05) is 29.4 Å². The second-order valence-electron chi connectivity index (χ2n) is 11.3. The second kappa shape index (κ2) is 19.6. The van der Waals surface area contributed by atoms with E-state index in [2.05, 4.69) is 182 Å². The Bertz CT molecular complexity index is 2190. The van der Waals surface area contributed by atoms with Crippen LogP contribution in [-0.2, 0) is 0 Å². The molecule has 0 unspecified atom stereocenters. The molecular formula is C44H30S10. The molecule has 0 amide bonds. The van der Waals surface area contributed by atoms with E-state index in [0.29, 0.717) is 0 Å². The van der Waals surface area contributed by atoms with E-state index < -0.39 is 0 Å². The zero-order valence-electron chi connectivity index (χ0n) is 28.4. The first-order valence-electron chi connectivity index (χ1n) is 16.8. The van der Waals surface area contributed by atoms with Gasteiger partial charge >= 0.3 is 0 Å². The quantitative estimate of drug-likeness (QED) is 0.0923. The summed E-state index contributed by atoms with van der Waals surface area (Å²) in [7, 11) is 3.80. The van der Waals surface area contributed by atoms with Crippen molar-refractivity contribution < 1.29 is 0 Å². The molecule has 6 aromatic carbocycles. The van der Waals surface area contributed by atoms with Crippen molar-refractivity contribution in [2.45, 2.75) is 65.8 Å². The van der Waals surface area contributed by atoms with Gasteiger partial charge < -0.3 is 0 Å². The summed E-state index contributed by atoms with van der Waals surface area (Å²) in [6.45, 7) is 0. The SMILES string of the molecule is c1ccc(Sc2sc(SSc3sc(Sc4ccccc4)c(Sc4ccccc4)c3Sc3ccccc3)c(Sc3ccccc3)c2Sc2ccccc2)cc1. The van der Waals surface area contributed by atoms with Crippen LogP contribution in [0.4, 0.5) is 0 Å². The van der Waals surface area contributed by atoms with E-state index in [1.807, 2.05) is 115 Å². The molecule has 2 heterocycles. The summed E-state index contributed by atoms with van der Waals surface area (Å²) >= 11 is 15.1. The number of hydrogen-bond acceptors (Lipinski definition) is 10. The number of thiophene rings is 2. The minimum absolute atomic E-state index is 1.24. The molecule has 0 aliphatic heterocycles. The Kier molecular flexibility index (Phi) is 13.9. The van der Waals surface area contributed by atoms with Gasteiger partial charge in [0.2, 0.25) is 0 Å². The maximum absolute atomic E-state index is 2.22. The Morgan fingerprint density at radius 1 is 0.222 bits per heavy atom. The van der Waals surface area contributed by atoms with Crippen molar-refractivity contribution in [1.82, 2.24) is 0 Å². The topological polar surface area (TPSA) is 0 Å². The van der Waals surface area contributed by atoms with Crippen molar-refractivity contribution in [2.75, 3.05) is 0 Å². The largest absolute Gasteiger partial charge is 0.119 e. The predicted molar refractivity (Wildman–Crippen MR) is 244 cm³/mol. The van der Waals surface area contributed by atoms with Crippen LogP contribution >= 0.6 is 115 Å². The van der Waals surface area contributed by atoms with E-state index in [1.165, 1.54) is 65.8 Å². The fourth-order valence-corrected chi connectivity index (χ4v) is 19.3. The van der Waals surface area contributed by atoms with Gasteiger partial charge in [0.25, 0.3) is 0 Å². The minimum atomic E-state index is 1.24. The van der Waals surface area contributed by atoms with Crippen molar-refractivity contribution in [3.63, 3.8) is 0 Å². The van der Waals surface area contributed by atoms with Crippen LogP contribution in [0.1, 0.15) is 0 Å². The molecule has 10 heteroatoms. The van der Waals surface area contributed by atoms with Crippen molar-refractivity contribution in [3.8, 4) is 0 Å². The molecule has 0 aliphatic rings. The third kappa shape index (κ3) is 10.3. The fraction of sp³-hybridized carbons (Fsp3) is 0. The monoisotopic (exact) mass is 878 g/mol. The van der Waals surface area contributed by atoms with E-state index in [9.17, 15) is 0 Å². The Balaban J connectivity index is 1.21. The van der Waals surface area contributed by atoms with Crippen LogP contribution < -0.4 is 0 Å². The molecule has 0 spiro atoms. The number of hydrogen-bond donors (Lipinski definition) is 0. The normalized spacial score (nSPS) is 11.2. The molecule has 0 N–H and O–H groups in total. The first-order valence-corrected chi connectivity index (χ1v) is 25.5. The molecule has 0 fully saturated rings. The minimum Gasteiger partial charge on any atom is -0.119 e. The maximum atomic E-state index is 2.22. The summed E-state index contributed by atoms with van der Waals surface area (Å²) < 4.78 is 5.29. The average molecular weight is 879 g/mol. The van der Waals surface area contributed by atoms with Gasteiger partial charge in [-0.05, 0) is 94.4 Å². The van der Waals surface area contributed by atoms with Crippen LogP contribution in [-0.4, -0.2) is 0 Å². The van der Waals surface area contributed by atoms with E-state index >= 15 is 0 Å². The van der Waals surface area contributed by atoms with Gasteiger partial charge in [-0.1, -0.05) is 180 Å². The smallest absolute Gasteiger partial charge is 0.0873 e. The second-order valence-corrected chi connectivity index (χ2v) is 23.1. The summed E-state index contributed by atoms with van der Waals surface area (Å²) in [5.41, 5.74) is 0. The zero-order chi connectivity index (χ0) is 36.4. The highest BCUT2D eigenvalue weighted by Crippen LogP contribution is 2.61. The van der Waals surface area contributed by atoms with Crippen LogP contribution in [0.3, 0.4) is 0 Å². The molecule has 2 aromatic heterocycles. The molecular weight excluding hydrogens is 849 g/mol. The highest BCUT2D eigenvalue weighted by molar-refractivity contribution is 8.77. The molecule has 8 rings (SSSR count). The van der Waals surface area contributed by atoms with E-state index in [4.69, 9.17) is 0 Å². The lowest BCUT2D eigenvalue weighted by molar-refractivity contribution is 1.16. The summed E-state index contributed by atoms with van der Waals surface area (Å²) in [5.74, 6) is 0. The highest BCUT2D eigenvalue weighted by Gasteiger charge is 2.26. The first kappa shape index (κ1) is 38.4. The van der Waals surface area contributed by atoms with Gasteiger partial charge in [-0.3, -0.25) is 0 Å². The highest BCUT2D eigenvalue weighted by atomic mass is 33.1. The molecule has 0 atom stereocenters. The Hall–Kier alpha value is -2.48. The summed E-state index contributed by atoms with van der Waals surface area (Å²) in [5, 5.41) is 0. The molecule has 0 aliphatic carbocycles. The standard InChI is InChI=1S/C44H30S10/c1-7-19-31(20-8-1)45-37-39(47-33-23-11-3-12-24-33)43(51-41(37)49-35-27-15-5-16-28-35)53-54-44-40(48-34-25-13-4-14-26-34)38(46-32-21-9-2-10-22-32)42(52-44)50-36-29-17-6-18-30-36/h1-30H. The molecule has 0 nitrogen and oxygen atoms in total. The lowest BCUT2D eigenvalue weighted by Gasteiger charge is -2.10. The van der Waals surface area contributed by atoms with Crippen molar-refractivity contribution in [1.29, 1.82) is 0 Å². The van der Waals surface area contributed by atoms with Gasteiger partial charge in [-0.25, -0.2) is 0 Å². The van der Waals surface area contributed by atoms with E-state index in [1.54, 1.807) is 0 Å². The Morgan fingerprint density at radius 3 is 0.667 bits per heavy atom. The average Bonchev–Trinajstić information content (AvgIpc) is 3.70. The molecule has 8 aromatic rings. The Labute approximate surface area is 358 Å². The van der Waals surface area contributed by atoms with Crippen molar-refractivity contribution >= 4 is 115 Å². The van der Waals surface area contributed by atoms with Crippen LogP contribution in [0.15, 0.2) is 248 Å². The molecule has 0 saturated heterocycles. The van der Waals surface area contributed by atoms with Crippen LogP contribution in [0.25, 0.3) is 0 Å². The maximum Gasteiger partial charge on any atom is 0.0873 e. The van der Waals surface area contributed by atoms with Gasteiger partial charge in [0.05, 0.1) is 36.4 Å². The molecule has 0 saturated carbocycles. The van der Waals surface area contributed by atoms with Crippen molar-refractivity contribution in [3.05, 3.63) is 182 Å². The van der Waals surface area contributed by atoms with Gasteiger partial charge in [0.1, 0.15) is 0 Å². The van der Waals surface area contributed by atoms with Gasteiger partial charge in [-0.2, -0.15) is 0 Å². The van der Waals surface area contributed by atoms with E-state index in [0.717, 1.165) is 0 Å². The number of rotatable bonds is 15. The van der Waals surface area contributed by atoms with Crippen LogP contribution in [0.5, 0.6) is 0 Å². The van der Waals surface area contributed by atoms with Crippen LogP contribution in [0.2, 0.25) is 0 Å². The van der Waals surface area contributed by atoms with E-state index in [-0.39, 0.29) is 0 Å². The lowest BCUT2D eigenvalue weighted by Crippen LogP contribution is -1.80. The predicted octanol–water partition coefficient (Wildman–Crippen LogP) is 17.5. The van der Waals surface area contributed by atoms with Crippen molar-refractivity contribution in [2.24, 2.45) is 0 Å². The molecule has 266 valence electrons. The fourth-order valence-electron chi connectivity index (χ4n) is 5.01. The first-order chi connectivity index (χ1) is 26.7.